The van der Waals surface area contributed by atoms with Crippen molar-refractivity contribution in [2.75, 3.05) is 23.7 Å². The molecule has 2 N–H and O–H groups in total. The van der Waals surface area contributed by atoms with Gasteiger partial charge in [-0.15, -0.1) is 11.3 Å². The summed E-state index contributed by atoms with van der Waals surface area (Å²) in [5, 5.41) is 7.63. The molecule has 1 fully saturated rings. The van der Waals surface area contributed by atoms with E-state index in [9.17, 15) is 14.4 Å². The molecule has 0 saturated carbocycles. The largest absolute Gasteiger partial charge is 0.339 e. The van der Waals surface area contributed by atoms with Gasteiger partial charge < -0.3 is 15.5 Å². The van der Waals surface area contributed by atoms with Crippen molar-refractivity contribution in [1.29, 1.82) is 0 Å². The van der Waals surface area contributed by atoms with E-state index in [4.69, 9.17) is 0 Å². The fourth-order valence-corrected chi connectivity index (χ4v) is 4.21. The first kappa shape index (κ1) is 20.8. The van der Waals surface area contributed by atoms with E-state index in [-0.39, 0.29) is 23.6 Å². The van der Waals surface area contributed by atoms with Gasteiger partial charge in [0.05, 0.1) is 4.88 Å². The number of carbonyl (C=O) groups excluding carboxylic acids is 3. The number of anilines is 2. The van der Waals surface area contributed by atoms with Crippen LogP contribution in [0.1, 0.15) is 32.9 Å². The summed E-state index contributed by atoms with van der Waals surface area (Å²) in [5.41, 5.74) is 2.00. The van der Waals surface area contributed by atoms with Gasteiger partial charge in [-0.05, 0) is 60.7 Å². The third-order valence-electron chi connectivity index (χ3n) is 5.33. The summed E-state index contributed by atoms with van der Waals surface area (Å²) in [6, 6.07) is 19.9. The fourth-order valence-electron chi connectivity index (χ4n) is 3.59. The molecular weight excluding hydrogens is 410 g/mol. The second-order valence-corrected chi connectivity index (χ2v) is 8.38. The molecular formula is C24H23N3O3S. The summed E-state index contributed by atoms with van der Waals surface area (Å²) in [6.07, 6.45) is 1.28. The quantitative estimate of drug-likeness (QED) is 0.622. The summed E-state index contributed by atoms with van der Waals surface area (Å²) in [4.78, 5) is 39.9. The monoisotopic (exact) mass is 433 g/mol. The maximum Gasteiger partial charge on any atom is 0.265 e. The highest BCUT2D eigenvalue weighted by Gasteiger charge is 2.28. The minimum absolute atomic E-state index is 0.00383. The predicted octanol–water partition coefficient (Wildman–Crippen LogP) is 4.49. The number of hydrogen-bond acceptors (Lipinski definition) is 4. The highest BCUT2D eigenvalue weighted by Crippen LogP contribution is 2.22. The van der Waals surface area contributed by atoms with Crippen molar-refractivity contribution in [3.63, 3.8) is 0 Å². The Labute approximate surface area is 184 Å². The number of rotatable bonds is 5. The number of benzene rings is 2. The molecule has 2 aromatic carbocycles. The summed E-state index contributed by atoms with van der Waals surface area (Å²) in [5.74, 6) is -0.314. The van der Waals surface area contributed by atoms with E-state index in [1.807, 2.05) is 41.8 Å². The van der Waals surface area contributed by atoms with Crippen LogP contribution in [0.3, 0.4) is 0 Å². The Morgan fingerprint density at radius 3 is 2.13 bits per heavy atom. The first-order valence-corrected chi connectivity index (χ1v) is 11.1. The highest BCUT2D eigenvalue weighted by molar-refractivity contribution is 7.12. The van der Waals surface area contributed by atoms with Crippen molar-refractivity contribution in [3.05, 3.63) is 82.6 Å². The van der Waals surface area contributed by atoms with Crippen LogP contribution in [0.25, 0.3) is 0 Å². The average Bonchev–Trinajstić information content (AvgIpc) is 3.35. The van der Waals surface area contributed by atoms with Gasteiger partial charge >= 0.3 is 0 Å². The van der Waals surface area contributed by atoms with Crippen LogP contribution >= 0.6 is 11.3 Å². The zero-order valence-corrected chi connectivity index (χ0v) is 17.7. The molecule has 31 heavy (non-hydrogen) atoms. The number of piperidine rings is 1. The van der Waals surface area contributed by atoms with Gasteiger partial charge in [0.15, 0.2) is 0 Å². The third-order valence-corrected chi connectivity index (χ3v) is 6.20. The summed E-state index contributed by atoms with van der Waals surface area (Å²) in [7, 11) is 0. The fraction of sp³-hybridized carbons (Fsp3) is 0.208. The summed E-state index contributed by atoms with van der Waals surface area (Å²) < 4.78 is 0. The van der Waals surface area contributed by atoms with Crippen molar-refractivity contribution in [2.24, 2.45) is 5.92 Å². The van der Waals surface area contributed by atoms with Crippen LogP contribution in [0.5, 0.6) is 0 Å². The molecule has 2 heterocycles. The van der Waals surface area contributed by atoms with Gasteiger partial charge in [-0.2, -0.15) is 0 Å². The van der Waals surface area contributed by atoms with Crippen LogP contribution < -0.4 is 10.6 Å². The predicted molar refractivity (Wildman–Crippen MR) is 122 cm³/mol. The molecule has 1 aromatic heterocycles. The Bertz CT molecular complexity index is 1040. The van der Waals surface area contributed by atoms with E-state index in [2.05, 4.69) is 10.6 Å². The highest BCUT2D eigenvalue weighted by atomic mass is 32.1. The van der Waals surface area contributed by atoms with Crippen molar-refractivity contribution in [1.82, 2.24) is 4.90 Å². The average molecular weight is 434 g/mol. The number of carbonyl (C=O) groups is 3. The van der Waals surface area contributed by atoms with Crippen molar-refractivity contribution < 1.29 is 14.4 Å². The molecule has 4 rings (SSSR count). The number of thiophene rings is 1. The summed E-state index contributed by atoms with van der Waals surface area (Å²) in [6.45, 7) is 1.09. The van der Waals surface area contributed by atoms with Gasteiger partial charge in [-0.3, -0.25) is 14.4 Å². The molecule has 1 aliphatic heterocycles. The second-order valence-electron chi connectivity index (χ2n) is 7.43. The molecule has 1 saturated heterocycles. The molecule has 0 atom stereocenters. The Balaban J connectivity index is 1.29. The maximum atomic E-state index is 12.8. The van der Waals surface area contributed by atoms with Crippen molar-refractivity contribution in [3.8, 4) is 0 Å². The zero-order chi connectivity index (χ0) is 21.6. The molecule has 0 unspecified atom stereocenters. The molecule has 158 valence electrons. The van der Waals surface area contributed by atoms with E-state index in [1.54, 1.807) is 35.2 Å². The van der Waals surface area contributed by atoms with Crippen LogP contribution in [0.15, 0.2) is 72.1 Å². The number of hydrogen-bond donors (Lipinski definition) is 2. The van der Waals surface area contributed by atoms with E-state index in [0.29, 0.717) is 42.1 Å². The topological polar surface area (TPSA) is 78.5 Å². The van der Waals surface area contributed by atoms with Gasteiger partial charge in [0.1, 0.15) is 0 Å². The third kappa shape index (κ3) is 5.19. The van der Waals surface area contributed by atoms with Crippen LogP contribution in [0.2, 0.25) is 0 Å². The number of para-hydroxylation sites is 1. The molecule has 1 aliphatic rings. The molecule has 0 bridgehead atoms. The van der Waals surface area contributed by atoms with Gasteiger partial charge in [-0.1, -0.05) is 24.3 Å². The molecule has 0 radical (unpaired) electrons. The molecule has 3 amide bonds. The molecule has 3 aromatic rings. The number of nitrogens with one attached hydrogen (secondary N) is 2. The molecule has 0 spiro atoms. The van der Waals surface area contributed by atoms with Crippen LogP contribution in [0, 0.1) is 5.92 Å². The Hall–Kier alpha value is -3.45. The standard InChI is InChI=1S/C24H23N3O3S/c28-22(25-19-5-2-1-3-6-19)17-12-14-27(15-13-17)24(30)18-8-10-20(11-9-18)26-23(29)21-7-4-16-31-21/h1-11,16-17H,12-15H2,(H,25,28)(H,26,29). The Kier molecular flexibility index (Phi) is 6.43. The van der Waals surface area contributed by atoms with Crippen molar-refractivity contribution in [2.45, 2.75) is 12.8 Å². The second kappa shape index (κ2) is 9.57. The SMILES string of the molecule is O=C(Nc1ccc(C(=O)N2CCC(C(=O)Nc3ccccc3)CC2)cc1)c1cccs1. The first-order valence-electron chi connectivity index (χ1n) is 10.2. The maximum absolute atomic E-state index is 12.8. The van der Waals surface area contributed by atoms with Gasteiger partial charge in [0.25, 0.3) is 11.8 Å². The van der Waals surface area contributed by atoms with Crippen LogP contribution in [-0.2, 0) is 4.79 Å². The minimum atomic E-state index is -0.162. The van der Waals surface area contributed by atoms with Gasteiger partial charge in [-0.25, -0.2) is 0 Å². The minimum Gasteiger partial charge on any atom is -0.339 e. The zero-order valence-electron chi connectivity index (χ0n) is 16.9. The number of likely N-dealkylation sites (tertiary alicyclic amines) is 1. The van der Waals surface area contributed by atoms with Crippen LogP contribution in [-0.4, -0.2) is 35.7 Å². The molecule has 6 nitrogen and oxygen atoms in total. The summed E-state index contributed by atoms with van der Waals surface area (Å²) >= 11 is 1.38. The molecule has 7 heteroatoms. The lowest BCUT2D eigenvalue weighted by Crippen LogP contribution is -2.41. The normalized spacial score (nSPS) is 14.1. The van der Waals surface area contributed by atoms with E-state index in [0.717, 1.165) is 5.69 Å². The van der Waals surface area contributed by atoms with E-state index < -0.39 is 0 Å². The first-order chi connectivity index (χ1) is 15.1. The lowest BCUT2D eigenvalue weighted by molar-refractivity contribution is -0.121. The van der Waals surface area contributed by atoms with Gasteiger partial charge in [0.2, 0.25) is 5.91 Å². The lowest BCUT2D eigenvalue weighted by Gasteiger charge is -2.31. The van der Waals surface area contributed by atoms with E-state index in [1.165, 1.54) is 11.3 Å². The van der Waals surface area contributed by atoms with E-state index >= 15 is 0 Å². The number of amides is 3. The molecule has 0 aliphatic carbocycles. The Morgan fingerprint density at radius 2 is 1.48 bits per heavy atom. The Morgan fingerprint density at radius 1 is 0.806 bits per heavy atom. The van der Waals surface area contributed by atoms with Crippen LogP contribution in [0.4, 0.5) is 11.4 Å². The smallest absolute Gasteiger partial charge is 0.265 e. The van der Waals surface area contributed by atoms with Gasteiger partial charge in [0, 0.05) is 35.9 Å². The lowest BCUT2D eigenvalue weighted by atomic mass is 9.95. The number of nitrogens with zero attached hydrogens (tertiary/aromatic N) is 1. The van der Waals surface area contributed by atoms with Crippen molar-refractivity contribution >= 4 is 40.4 Å².